The molecule has 0 amide bonds. The summed E-state index contributed by atoms with van der Waals surface area (Å²) in [6.07, 6.45) is 1.71. The molecule has 0 aliphatic rings. The van der Waals surface area contributed by atoms with E-state index in [2.05, 4.69) is 4.98 Å². The maximum Gasteiger partial charge on any atom is 0.338 e. The van der Waals surface area contributed by atoms with E-state index in [9.17, 15) is 4.79 Å². The Labute approximate surface area is 87.7 Å². The van der Waals surface area contributed by atoms with Crippen LogP contribution in [-0.2, 0) is 4.74 Å². The van der Waals surface area contributed by atoms with E-state index in [1.807, 2.05) is 24.3 Å². The van der Waals surface area contributed by atoms with Gasteiger partial charge in [0, 0.05) is 11.6 Å². The quantitative estimate of drug-likeness (QED) is 0.700. The molecule has 0 fully saturated rings. The van der Waals surface area contributed by atoms with Crippen LogP contribution in [0.25, 0.3) is 10.9 Å². The van der Waals surface area contributed by atoms with E-state index in [4.69, 9.17) is 4.74 Å². The van der Waals surface area contributed by atoms with Crippen molar-refractivity contribution >= 4 is 16.9 Å². The highest BCUT2D eigenvalue weighted by molar-refractivity contribution is 6.03. The van der Waals surface area contributed by atoms with Crippen LogP contribution in [0.15, 0.2) is 36.5 Å². The molecule has 0 spiro atoms. The normalized spacial score (nSPS) is 10.2. The summed E-state index contributed by atoms with van der Waals surface area (Å²) >= 11 is 0. The van der Waals surface area contributed by atoms with Gasteiger partial charge in [0.25, 0.3) is 0 Å². The highest BCUT2D eigenvalue weighted by Crippen LogP contribution is 2.16. The highest BCUT2D eigenvalue weighted by Gasteiger charge is 2.10. The summed E-state index contributed by atoms with van der Waals surface area (Å²) in [6, 6.07) is 9.11. The largest absolute Gasteiger partial charge is 0.462 e. The van der Waals surface area contributed by atoms with Crippen LogP contribution in [0.1, 0.15) is 17.3 Å². The van der Waals surface area contributed by atoms with Crippen molar-refractivity contribution < 1.29 is 9.53 Å². The maximum atomic E-state index is 11.6. The van der Waals surface area contributed by atoms with Crippen molar-refractivity contribution in [1.29, 1.82) is 0 Å². The summed E-state index contributed by atoms with van der Waals surface area (Å²) in [4.78, 5) is 15.8. The SMILES string of the molecule is CCOC(=O)c1cccc2ncccc12. The molecule has 15 heavy (non-hydrogen) atoms. The number of hydrogen-bond donors (Lipinski definition) is 0. The lowest BCUT2D eigenvalue weighted by Gasteiger charge is -2.04. The summed E-state index contributed by atoms with van der Waals surface area (Å²) in [5.74, 6) is -0.295. The Bertz CT molecular complexity index is 488. The first-order valence-corrected chi connectivity index (χ1v) is 4.84. The van der Waals surface area contributed by atoms with Gasteiger partial charge < -0.3 is 4.74 Å². The van der Waals surface area contributed by atoms with Gasteiger partial charge in [0.2, 0.25) is 0 Å². The molecule has 1 aromatic heterocycles. The van der Waals surface area contributed by atoms with E-state index in [0.717, 1.165) is 10.9 Å². The van der Waals surface area contributed by atoms with E-state index in [0.29, 0.717) is 12.2 Å². The molecule has 0 aliphatic carbocycles. The Hall–Kier alpha value is -1.90. The van der Waals surface area contributed by atoms with Crippen LogP contribution in [0.5, 0.6) is 0 Å². The van der Waals surface area contributed by atoms with Crippen molar-refractivity contribution in [3.8, 4) is 0 Å². The number of nitrogens with zero attached hydrogens (tertiary/aromatic N) is 1. The minimum absolute atomic E-state index is 0.295. The summed E-state index contributed by atoms with van der Waals surface area (Å²) < 4.78 is 4.97. The third-order valence-electron chi connectivity index (χ3n) is 2.14. The number of ether oxygens (including phenoxy) is 1. The monoisotopic (exact) mass is 201 g/mol. The number of esters is 1. The number of carbonyl (C=O) groups excluding carboxylic acids is 1. The van der Waals surface area contributed by atoms with Gasteiger partial charge >= 0.3 is 5.97 Å². The number of rotatable bonds is 2. The summed E-state index contributed by atoms with van der Waals surface area (Å²) in [5, 5.41) is 0.832. The van der Waals surface area contributed by atoms with Crippen LogP contribution in [-0.4, -0.2) is 17.6 Å². The lowest BCUT2D eigenvalue weighted by atomic mass is 10.1. The summed E-state index contributed by atoms with van der Waals surface area (Å²) in [5.41, 5.74) is 1.38. The molecule has 0 aliphatic heterocycles. The van der Waals surface area contributed by atoms with E-state index in [1.54, 1.807) is 19.2 Å². The first kappa shape index (κ1) is 9.65. The molecule has 0 N–H and O–H groups in total. The average Bonchev–Trinajstić information content (AvgIpc) is 2.28. The maximum absolute atomic E-state index is 11.6. The third kappa shape index (κ3) is 1.81. The molecule has 76 valence electrons. The van der Waals surface area contributed by atoms with Gasteiger partial charge in [0.15, 0.2) is 0 Å². The molecule has 1 aromatic carbocycles. The van der Waals surface area contributed by atoms with Crippen molar-refractivity contribution in [1.82, 2.24) is 4.98 Å². The molecule has 0 saturated carbocycles. The molecule has 2 rings (SSSR count). The van der Waals surface area contributed by atoms with E-state index >= 15 is 0 Å². The fourth-order valence-corrected chi connectivity index (χ4v) is 1.49. The molecule has 0 bridgehead atoms. The van der Waals surface area contributed by atoms with Gasteiger partial charge in [-0.2, -0.15) is 0 Å². The fourth-order valence-electron chi connectivity index (χ4n) is 1.49. The van der Waals surface area contributed by atoms with E-state index in [-0.39, 0.29) is 5.97 Å². The van der Waals surface area contributed by atoms with Gasteiger partial charge in [-0.3, -0.25) is 4.98 Å². The molecule has 0 atom stereocenters. The van der Waals surface area contributed by atoms with Crippen molar-refractivity contribution in [3.63, 3.8) is 0 Å². The van der Waals surface area contributed by atoms with Crippen LogP contribution in [0.4, 0.5) is 0 Å². The van der Waals surface area contributed by atoms with Crippen molar-refractivity contribution in [2.24, 2.45) is 0 Å². The standard InChI is InChI=1S/C12H11NO2/c1-2-15-12(14)10-5-3-7-11-9(10)6-4-8-13-11/h3-8H,2H2,1H3. The molecule has 2 aromatic rings. The van der Waals surface area contributed by atoms with Crippen molar-refractivity contribution in [3.05, 3.63) is 42.1 Å². The lowest BCUT2D eigenvalue weighted by molar-refractivity contribution is 0.0528. The zero-order valence-electron chi connectivity index (χ0n) is 8.43. The van der Waals surface area contributed by atoms with Gasteiger partial charge in [-0.25, -0.2) is 4.79 Å². The van der Waals surface area contributed by atoms with Gasteiger partial charge in [-0.15, -0.1) is 0 Å². The first-order chi connectivity index (χ1) is 7.33. The van der Waals surface area contributed by atoms with E-state index < -0.39 is 0 Å². The lowest BCUT2D eigenvalue weighted by Crippen LogP contribution is -2.05. The highest BCUT2D eigenvalue weighted by atomic mass is 16.5. The van der Waals surface area contributed by atoms with Gasteiger partial charge in [-0.05, 0) is 25.1 Å². The molecular weight excluding hydrogens is 190 g/mol. The Balaban J connectivity index is 2.56. The zero-order valence-corrected chi connectivity index (χ0v) is 8.43. The second kappa shape index (κ2) is 4.09. The summed E-state index contributed by atoms with van der Waals surface area (Å²) in [7, 11) is 0. The molecule has 1 heterocycles. The van der Waals surface area contributed by atoms with Crippen LogP contribution in [0.3, 0.4) is 0 Å². The number of hydrogen-bond acceptors (Lipinski definition) is 3. The first-order valence-electron chi connectivity index (χ1n) is 4.84. The van der Waals surface area contributed by atoms with Gasteiger partial charge in [0.1, 0.15) is 0 Å². The van der Waals surface area contributed by atoms with Crippen LogP contribution >= 0.6 is 0 Å². The van der Waals surface area contributed by atoms with Crippen molar-refractivity contribution in [2.75, 3.05) is 6.61 Å². The minimum Gasteiger partial charge on any atom is -0.462 e. The smallest absolute Gasteiger partial charge is 0.338 e. The number of carbonyl (C=O) groups is 1. The number of fused-ring (bicyclic) bond motifs is 1. The molecule has 0 unspecified atom stereocenters. The predicted molar refractivity (Wildman–Crippen MR) is 57.7 cm³/mol. The Kier molecular flexibility index (Phi) is 2.63. The number of aromatic nitrogens is 1. The second-order valence-corrected chi connectivity index (χ2v) is 3.10. The van der Waals surface area contributed by atoms with Crippen LogP contribution in [0, 0.1) is 0 Å². The molecule has 0 radical (unpaired) electrons. The third-order valence-corrected chi connectivity index (χ3v) is 2.14. The molecule has 3 heteroatoms. The fraction of sp³-hybridized carbons (Fsp3) is 0.167. The Morgan fingerprint density at radius 3 is 3.00 bits per heavy atom. The second-order valence-electron chi connectivity index (χ2n) is 3.10. The van der Waals surface area contributed by atoms with Gasteiger partial charge in [0.05, 0.1) is 17.7 Å². The topological polar surface area (TPSA) is 39.2 Å². The Morgan fingerprint density at radius 2 is 2.20 bits per heavy atom. The minimum atomic E-state index is -0.295. The molecular formula is C12H11NO2. The summed E-state index contributed by atoms with van der Waals surface area (Å²) in [6.45, 7) is 2.18. The molecule has 0 saturated heterocycles. The van der Waals surface area contributed by atoms with Crippen LogP contribution in [0.2, 0.25) is 0 Å². The predicted octanol–water partition coefficient (Wildman–Crippen LogP) is 2.41. The number of pyridine rings is 1. The van der Waals surface area contributed by atoms with E-state index in [1.165, 1.54) is 0 Å². The molecule has 3 nitrogen and oxygen atoms in total. The Morgan fingerprint density at radius 1 is 1.33 bits per heavy atom. The average molecular weight is 201 g/mol. The van der Waals surface area contributed by atoms with Crippen LogP contribution < -0.4 is 0 Å². The zero-order chi connectivity index (χ0) is 10.7. The number of benzene rings is 1. The van der Waals surface area contributed by atoms with Crippen molar-refractivity contribution in [2.45, 2.75) is 6.92 Å². The van der Waals surface area contributed by atoms with Gasteiger partial charge in [-0.1, -0.05) is 12.1 Å².